The van der Waals surface area contributed by atoms with Gasteiger partial charge in [0.1, 0.15) is 10.8 Å². The SMILES string of the molecule is Cc1ccnc(C(=S)Nc2ccc(F)cc2)c1. The van der Waals surface area contributed by atoms with Gasteiger partial charge in [-0.15, -0.1) is 0 Å². The average molecular weight is 246 g/mol. The molecule has 86 valence electrons. The number of aromatic nitrogens is 1. The first-order valence-corrected chi connectivity index (χ1v) is 5.55. The maximum atomic E-state index is 12.7. The van der Waals surface area contributed by atoms with Crippen molar-refractivity contribution in [3.63, 3.8) is 0 Å². The van der Waals surface area contributed by atoms with Gasteiger partial charge in [0.05, 0.1) is 5.69 Å². The molecule has 2 aromatic rings. The number of halogens is 1. The zero-order chi connectivity index (χ0) is 12.3. The van der Waals surface area contributed by atoms with E-state index in [0.717, 1.165) is 11.3 Å². The Kier molecular flexibility index (Phi) is 3.44. The molecule has 0 unspecified atom stereocenters. The third-order valence-corrected chi connectivity index (χ3v) is 2.56. The molecular formula is C13H11FN2S. The number of rotatable bonds is 2. The number of benzene rings is 1. The molecule has 0 aliphatic rings. The summed E-state index contributed by atoms with van der Waals surface area (Å²) in [4.78, 5) is 4.70. The second-order valence-electron chi connectivity index (χ2n) is 3.68. The normalized spacial score (nSPS) is 10.0. The van der Waals surface area contributed by atoms with Crippen molar-refractivity contribution in [1.29, 1.82) is 0 Å². The van der Waals surface area contributed by atoms with Crippen LogP contribution < -0.4 is 5.32 Å². The zero-order valence-corrected chi connectivity index (χ0v) is 10.1. The molecule has 2 rings (SSSR count). The van der Waals surface area contributed by atoms with Gasteiger partial charge in [0.15, 0.2) is 0 Å². The summed E-state index contributed by atoms with van der Waals surface area (Å²) in [5.41, 5.74) is 2.56. The lowest BCUT2D eigenvalue weighted by Gasteiger charge is -2.07. The lowest BCUT2D eigenvalue weighted by Crippen LogP contribution is -2.12. The Morgan fingerprint density at radius 1 is 1.24 bits per heavy atom. The van der Waals surface area contributed by atoms with Gasteiger partial charge in [-0.3, -0.25) is 4.98 Å². The Morgan fingerprint density at radius 2 is 1.94 bits per heavy atom. The van der Waals surface area contributed by atoms with Crippen molar-refractivity contribution < 1.29 is 4.39 Å². The molecule has 0 saturated carbocycles. The Hall–Kier alpha value is -1.81. The first kappa shape index (κ1) is 11.7. The lowest BCUT2D eigenvalue weighted by atomic mass is 10.2. The van der Waals surface area contributed by atoms with E-state index in [9.17, 15) is 4.39 Å². The summed E-state index contributed by atoms with van der Waals surface area (Å²) >= 11 is 5.23. The van der Waals surface area contributed by atoms with Crippen LogP contribution in [0.4, 0.5) is 10.1 Å². The first-order valence-electron chi connectivity index (χ1n) is 5.15. The van der Waals surface area contributed by atoms with Crippen molar-refractivity contribution >= 4 is 22.9 Å². The van der Waals surface area contributed by atoms with E-state index < -0.39 is 0 Å². The Labute approximate surface area is 105 Å². The van der Waals surface area contributed by atoms with E-state index in [4.69, 9.17) is 12.2 Å². The maximum Gasteiger partial charge on any atom is 0.129 e. The number of nitrogens with zero attached hydrogens (tertiary/aromatic N) is 1. The molecule has 0 aliphatic carbocycles. The molecule has 1 N–H and O–H groups in total. The Bertz CT molecular complexity index is 537. The summed E-state index contributed by atoms with van der Waals surface area (Å²) in [6.07, 6.45) is 1.71. The molecule has 4 heteroatoms. The fourth-order valence-corrected chi connectivity index (χ4v) is 1.62. The third kappa shape index (κ3) is 3.07. The van der Waals surface area contributed by atoms with Crippen LogP contribution in [0.5, 0.6) is 0 Å². The summed E-state index contributed by atoms with van der Waals surface area (Å²) in [6.45, 7) is 1.98. The molecule has 0 atom stereocenters. The van der Waals surface area contributed by atoms with Crippen molar-refractivity contribution in [2.75, 3.05) is 5.32 Å². The van der Waals surface area contributed by atoms with E-state index in [1.54, 1.807) is 18.3 Å². The monoisotopic (exact) mass is 246 g/mol. The number of pyridine rings is 1. The minimum absolute atomic E-state index is 0.268. The largest absolute Gasteiger partial charge is 0.345 e. The van der Waals surface area contributed by atoms with Crippen LogP contribution in [-0.4, -0.2) is 9.97 Å². The van der Waals surface area contributed by atoms with Gasteiger partial charge in [0.25, 0.3) is 0 Å². The van der Waals surface area contributed by atoms with Crippen LogP contribution in [-0.2, 0) is 0 Å². The molecule has 1 heterocycles. The molecule has 1 aromatic heterocycles. The fourth-order valence-electron chi connectivity index (χ4n) is 1.39. The van der Waals surface area contributed by atoms with E-state index >= 15 is 0 Å². The predicted molar refractivity (Wildman–Crippen MR) is 70.7 cm³/mol. The summed E-state index contributed by atoms with van der Waals surface area (Å²) in [5.74, 6) is -0.268. The predicted octanol–water partition coefficient (Wildman–Crippen LogP) is 3.32. The van der Waals surface area contributed by atoms with E-state index in [-0.39, 0.29) is 5.82 Å². The Balaban J connectivity index is 2.14. The van der Waals surface area contributed by atoms with Gasteiger partial charge in [-0.1, -0.05) is 12.2 Å². The van der Waals surface area contributed by atoms with Gasteiger partial charge < -0.3 is 5.32 Å². The van der Waals surface area contributed by atoms with Gasteiger partial charge in [-0.25, -0.2) is 4.39 Å². The van der Waals surface area contributed by atoms with E-state index in [1.165, 1.54) is 12.1 Å². The fraction of sp³-hybridized carbons (Fsp3) is 0.0769. The van der Waals surface area contributed by atoms with Crippen molar-refractivity contribution in [3.8, 4) is 0 Å². The number of thiocarbonyl (C=S) groups is 1. The van der Waals surface area contributed by atoms with Crippen molar-refractivity contribution in [1.82, 2.24) is 4.98 Å². The van der Waals surface area contributed by atoms with Gasteiger partial charge in [-0.05, 0) is 48.9 Å². The number of hydrogen-bond donors (Lipinski definition) is 1. The van der Waals surface area contributed by atoms with E-state index in [2.05, 4.69) is 10.3 Å². The number of hydrogen-bond acceptors (Lipinski definition) is 2. The zero-order valence-electron chi connectivity index (χ0n) is 9.27. The third-order valence-electron chi connectivity index (χ3n) is 2.25. The van der Waals surface area contributed by atoms with Crippen molar-refractivity contribution in [2.24, 2.45) is 0 Å². The van der Waals surface area contributed by atoms with Gasteiger partial charge in [0, 0.05) is 11.9 Å². The van der Waals surface area contributed by atoms with Gasteiger partial charge >= 0.3 is 0 Å². The molecule has 0 spiro atoms. The highest BCUT2D eigenvalue weighted by Gasteiger charge is 2.03. The molecule has 0 bridgehead atoms. The van der Waals surface area contributed by atoms with Crippen LogP contribution in [0.1, 0.15) is 11.3 Å². The number of nitrogens with one attached hydrogen (secondary N) is 1. The summed E-state index contributed by atoms with van der Waals surface area (Å²) < 4.78 is 12.7. The highest BCUT2D eigenvalue weighted by Crippen LogP contribution is 2.10. The van der Waals surface area contributed by atoms with Crippen LogP contribution in [0.25, 0.3) is 0 Å². The standard InChI is InChI=1S/C13H11FN2S/c1-9-6-7-15-12(8-9)13(17)16-11-4-2-10(14)3-5-11/h2-8H,1H3,(H,16,17). The molecule has 0 saturated heterocycles. The van der Waals surface area contributed by atoms with E-state index in [1.807, 2.05) is 19.1 Å². The highest BCUT2D eigenvalue weighted by atomic mass is 32.1. The van der Waals surface area contributed by atoms with Gasteiger partial charge in [-0.2, -0.15) is 0 Å². The second kappa shape index (κ2) is 5.01. The van der Waals surface area contributed by atoms with Crippen LogP contribution in [0.2, 0.25) is 0 Å². The van der Waals surface area contributed by atoms with E-state index in [0.29, 0.717) is 10.7 Å². The van der Waals surface area contributed by atoms with Crippen LogP contribution in [0.15, 0.2) is 42.6 Å². The first-order chi connectivity index (χ1) is 8.15. The van der Waals surface area contributed by atoms with Crippen LogP contribution in [0.3, 0.4) is 0 Å². The van der Waals surface area contributed by atoms with Crippen molar-refractivity contribution in [3.05, 3.63) is 59.7 Å². The van der Waals surface area contributed by atoms with Crippen LogP contribution >= 0.6 is 12.2 Å². The second-order valence-corrected chi connectivity index (χ2v) is 4.09. The molecule has 1 aromatic carbocycles. The smallest absolute Gasteiger partial charge is 0.129 e. The average Bonchev–Trinajstić information content (AvgIpc) is 2.32. The minimum Gasteiger partial charge on any atom is -0.345 e. The summed E-state index contributed by atoms with van der Waals surface area (Å²) in [7, 11) is 0. The molecule has 17 heavy (non-hydrogen) atoms. The number of anilines is 1. The summed E-state index contributed by atoms with van der Waals surface area (Å²) in [6, 6.07) is 9.85. The molecule has 0 aliphatic heterocycles. The maximum absolute atomic E-state index is 12.7. The quantitative estimate of drug-likeness (QED) is 0.823. The molecule has 0 fully saturated rings. The lowest BCUT2D eigenvalue weighted by molar-refractivity contribution is 0.628. The van der Waals surface area contributed by atoms with Gasteiger partial charge in [0.2, 0.25) is 0 Å². The summed E-state index contributed by atoms with van der Waals surface area (Å²) in [5, 5.41) is 3.01. The molecular weight excluding hydrogens is 235 g/mol. The Morgan fingerprint density at radius 3 is 2.59 bits per heavy atom. The number of aryl methyl sites for hydroxylation is 1. The highest BCUT2D eigenvalue weighted by molar-refractivity contribution is 7.81. The molecule has 0 amide bonds. The molecule has 2 nitrogen and oxygen atoms in total. The van der Waals surface area contributed by atoms with Crippen molar-refractivity contribution in [2.45, 2.75) is 6.92 Å². The topological polar surface area (TPSA) is 24.9 Å². The van der Waals surface area contributed by atoms with Crippen LogP contribution in [0, 0.1) is 12.7 Å². The minimum atomic E-state index is -0.268. The molecule has 0 radical (unpaired) electrons.